The standard InChI is InChI=1S/C16H18N2O3/c1-10(19)17-11-6-8-12(9-7-11)18-15(20)13-4-2-3-5-14(13)16(18)21/h6-9,13-14H,2-5H2,1H3,(H,17,19)/t13-,14-/m0/s1. The van der Waals surface area contributed by atoms with Crippen LogP contribution in [0.4, 0.5) is 11.4 Å². The maximum absolute atomic E-state index is 12.4. The maximum atomic E-state index is 12.4. The van der Waals surface area contributed by atoms with Crippen molar-refractivity contribution in [2.45, 2.75) is 32.6 Å². The zero-order valence-electron chi connectivity index (χ0n) is 12.0. The summed E-state index contributed by atoms with van der Waals surface area (Å²) in [6, 6.07) is 6.83. The van der Waals surface area contributed by atoms with Crippen molar-refractivity contribution in [2.75, 3.05) is 10.2 Å². The molecule has 5 nitrogen and oxygen atoms in total. The molecule has 1 saturated heterocycles. The molecule has 1 aliphatic heterocycles. The lowest BCUT2D eigenvalue weighted by molar-refractivity contribution is -0.122. The Labute approximate surface area is 123 Å². The summed E-state index contributed by atoms with van der Waals surface area (Å²) >= 11 is 0. The van der Waals surface area contributed by atoms with Crippen LogP contribution in [0.5, 0.6) is 0 Å². The van der Waals surface area contributed by atoms with Crippen LogP contribution in [0, 0.1) is 11.8 Å². The topological polar surface area (TPSA) is 66.5 Å². The number of carbonyl (C=O) groups excluding carboxylic acids is 3. The van der Waals surface area contributed by atoms with E-state index in [0.717, 1.165) is 25.7 Å². The second-order valence-electron chi connectivity index (χ2n) is 5.74. The molecule has 3 amide bonds. The normalized spacial score (nSPS) is 24.9. The number of hydrogen-bond acceptors (Lipinski definition) is 3. The van der Waals surface area contributed by atoms with Crippen molar-refractivity contribution >= 4 is 29.1 Å². The number of carbonyl (C=O) groups is 3. The number of fused-ring (bicyclic) bond motifs is 1. The summed E-state index contributed by atoms with van der Waals surface area (Å²) in [5.74, 6) is -0.571. The van der Waals surface area contributed by atoms with E-state index in [9.17, 15) is 14.4 Å². The van der Waals surface area contributed by atoms with E-state index in [1.54, 1.807) is 24.3 Å². The molecule has 2 fully saturated rings. The molecule has 1 heterocycles. The molecule has 0 aromatic heterocycles. The summed E-state index contributed by atoms with van der Waals surface area (Å²) in [6.45, 7) is 1.44. The highest BCUT2D eigenvalue weighted by atomic mass is 16.2. The third kappa shape index (κ3) is 2.44. The largest absolute Gasteiger partial charge is 0.326 e. The zero-order valence-corrected chi connectivity index (χ0v) is 12.0. The lowest BCUT2D eigenvalue weighted by Crippen LogP contribution is -2.30. The Hall–Kier alpha value is -2.17. The van der Waals surface area contributed by atoms with Gasteiger partial charge in [-0.05, 0) is 37.1 Å². The van der Waals surface area contributed by atoms with E-state index in [2.05, 4.69) is 5.32 Å². The highest BCUT2D eigenvalue weighted by Gasteiger charge is 2.48. The number of nitrogens with zero attached hydrogens (tertiary/aromatic N) is 1. The molecule has 2 aliphatic rings. The molecule has 1 aromatic rings. The van der Waals surface area contributed by atoms with Gasteiger partial charge in [0.15, 0.2) is 0 Å². The van der Waals surface area contributed by atoms with Crippen LogP contribution in [0.3, 0.4) is 0 Å². The summed E-state index contributed by atoms with van der Waals surface area (Å²) in [4.78, 5) is 37.2. The van der Waals surface area contributed by atoms with Crippen molar-refractivity contribution in [3.63, 3.8) is 0 Å². The number of imide groups is 1. The molecular formula is C16H18N2O3. The number of rotatable bonds is 2. The van der Waals surface area contributed by atoms with E-state index in [1.165, 1.54) is 11.8 Å². The summed E-state index contributed by atoms with van der Waals surface area (Å²) in [5.41, 5.74) is 1.25. The number of amides is 3. The molecule has 110 valence electrons. The average Bonchev–Trinajstić information content (AvgIpc) is 2.72. The molecular weight excluding hydrogens is 268 g/mol. The molecule has 1 aliphatic carbocycles. The van der Waals surface area contributed by atoms with Crippen LogP contribution in [-0.4, -0.2) is 17.7 Å². The van der Waals surface area contributed by atoms with Crippen LogP contribution in [0.25, 0.3) is 0 Å². The van der Waals surface area contributed by atoms with E-state index in [0.29, 0.717) is 11.4 Å². The van der Waals surface area contributed by atoms with Gasteiger partial charge >= 0.3 is 0 Å². The van der Waals surface area contributed by atoms with Crippen molar-refractivity contribution in [3.8, 4) is 0 Å². The second-order valence-corrected chi connectivity index (χ2v) is 5.74. The van der Waals surface area contributed by atoms with Crippen molar-refractivity contribution in [3.05, 3.63) is 24.3 Å². The van der Waals surface area contributed by atoms with E-state index < -0.39 is 0 Å². The molecule has 3 rings (SSSR count). The first-order valence-corrected chi connectivity index (χ1v) is 7.33. The lowest BCUT2D eigenvalue weighted by atomic mass is 9.81. The van der Waals surface area contributed by atoms with Crippen LogP contribution in [0.1, 0.15) is 32.6 Å². The first kappa shape index (κ1) is 13.8. The Bertz CT molecular complexity index is 570. The smallest absolute Gasteiger partial charge is 0.237 e. The molecule has 0 radical (unpaired) electrons. The van der Waals surface area contributed by atoms with Gasteiger partial charge in [0.2, 0.25) is 17.7 Å². The van der Waals surface area contributed by atoms with Gasteiger partial charge in [0.05, 0.1) is 17.5 Å². The lowest BCUT2D eigenvalue weighted by Gasteiger charge is -2.19. The van der Waals surface area contributed by atoms with Gasteiger partial charge in [-0.3, -0.25) is 19.3 Å². The molecule has 21 heavy (non-hydrogen) atoms. The fraction of sp³-hybridized carbons (Fsp3) is 0.438. The monoisotopic (exact) mass is 286 g/mol. The molecule has 0 spiro atoms. The third-order valence-electron chi connectivity index (χ3n) is 4.29. The van der Waals surface area contributed by atoms with Crippen molar-refractivity contribution in [1.29, 1.82) is 0 Å². The quantitative estimate of drug-likeness (QED) is 0.848. The Morgan fingerprint density at radius 2 is 1.57 bits per heavy atom. The van der Waals surface area contributed by atoms with Gasteiger partial charge in [-0.25, -0.2) is 0 Å². The van der Waals surface area contributed by atoms with Crippen LogP contribution < -0.4 is 10.2 Å². The van der Waals surface area contributed by atoms with Gasteiger partial charge in [0, 0.05) is 12.6 Å². The average molecular weight is 286 g/mol. The van der Waals surface area contributed by atoms with Gasteiger partial charge in [0.1, 0.15) is 0 Å². The van der Waals surface area contributed by atoms with Gasteiger partial charge in [0.25, 0.3) is 0 Å². The predicted octanol–water partition coefficient (Wildman–Crippen LogP) is 2.32. The van der Waals surface area contributed by atoms with Gasteiger partial charge in [-0.1, -0.05) is 12.8 Å². The third-order valence-corrected chi connectivity index (χ3v) is 4.29. The molecule has 1 aromatic carbocycles. The predicted molar refractivity (Wildman–Crippen MR) is 78.7 cm³/mol. The first-order valence-electron chi connectivity index (χ1n) is 7.33. The first-order chi connectivity index (χ1) is 10.1. The number of nitrogens with one attached hydrogen (secondary N) is 1. The van der Waals surface area contributed by atoms with Crippen LogP contribution in [0.2, 0.25) is 0 Å². The SMILES string of the molecule is CC(=O)Nc1ccc(N2C(=O)[C@H]3CCCC[C@@H]3C2=O)cc1. The highest BCUT2D eigenvalue weighted by molar-refractivity contribution is 6.22. The molecule has 0 bridgehead atoms. The van der Waals surface area contributed by atoms with Crippen LogP contribution >= 0.6 is 0 Å². The summed E-state index contributed by atoms with van der Waals surface area (Å²) in [7, 11) is 0. The van der Waals surface area contributed by atoms with Crippen molar-refractivity contribution in [1.82, 2.24) is 0 Å². The fourth-order valence-corrected chi connectivity index (χ4v) is 3.31. The van der Waals surface area contributed by atoms with E-state index in [1.807, 2.05) is 0 Å². The molecule has 1 saturated carbocycles. The zero-order chi connectivity index (χ0) is 15.0. The minimum absolute atomic E-state index is 0.0722. The van der Waals surface area contributed by atoms with Gasteiger partial charge in [-0.2, -0.15) is 0 Å². The second kappa shape index (κ2) is 5.31. The van der Waals surface area contributed by atoms with E-state index in [-0.39, 0.29) is 29.6 Å². The van der Waals surface area contributed by atoms with E-state index in [4.69, 9.17) is 0 Å². The number of benzene rings is 1. The van der Waals surface area contributed by atoms with Crippen molar-refractivity contribution < 1.29 is 14.4 Å². The van der Waals surface area contributed by atoms with Crippen LogP contribution in [-0.2, 0) is 14.4 Å². The van der Waals surface area contributed by atoms with Gasteiger partial charge in [-0.15, -0.1) is 0 Å². The molecule has 1 N–H and O–H groups in total. The minimum Gasteiger partial charge on any atom is -0.326 e. The molecule has 2 atom stereocenters. The van der Waals surface area contributed by atoms with Gasteiger partial charge < -0.3 is 5.32 Å². The maximum Gasteiger partial charge on any atom is 0.237 e. The summed E-state index contributed by atoms with van der Waals surface area (Å²) < 4.78 is 0. The summed E-state index contributed by atoms with van der Waals surface area (Å²) in [5, 5.41) is 2.67. The Kier molecular flexibility index (Phi) is 3.49. The van der Waals surface area contributed by atoms with E-state index >= 15 is 0 Å². The minimum atomic E-state index is -0.151. The number of anilines is 2. The number of hydrogen-bond donors (Lipinski definition) is 1. The highest BCUT2D eigenvalue weighted by Crippen LogP contribution is 2.40. The fourth-order valence-electron chi connectivity index (χ4n) is 3.31. The Balaban J connectivity index is 1.84. The summed E-state index contributed by atoms with van der Waals surface area (Å²) in [6.07, 6.45) is 3.68. The van der Waals surface area contributed by atoms with Crippen molar-refractivity contribution in [2.24, 2.45) is 11.8 Å². The van der Waals surface area contributed by atoms with Crippen LogP contribution in [0.15, 0.2) is 24.3 Å². The molecule has 5 heteroatoms. The Morgan fingerprint density at radius 1 is 1.05 bits per heavy atom. The molecule has 0 unspecified atom stereocenters. The Morgan fingerprint density at radius 3 is 2.05 bits per heavy atom.